The summed E-state index contributed by atoms with van der Waals surface area (Å²) in [5, 5.41) is 20.3. The number of hydrogen-bond donors (Lipinski definition) is 2. The van der Waals surface area contributed by atoms with E-state index in [9.17, 15) is 10.2 Å². The summed E-state index contributed by atoms with van der Waals surface area (Å²) in [5.74, 6) is 0.607. The minimum atomic E-state index is -0.220. The maximum absolute atomic E-state index is 10.4. The second kappa shape index (κ2) is 5.16. The SMILES string of the molecule is C=CCc1cc2c(cc1O)C(C)(c1cccc(O)c1)CC2(C)C. The molecule has 0 aliphatic heterocycles. The summed E-state index contributed by atoms with van der Waals surface area (Å²) in [6, 6.07) is 11.5. The summed E-state index contributed by atoms with van der Waals surface area (Å²) in [5.41, 5.74) is 4.23. The molecule has 1 unspecified atom stereocenters. The van der Waals surface area contributed by atoms with Crippen LogP contribution in [0.4, 0.5) is 0 Å². The topological polar surface area (TPSA) is 40.5 Å². The van der Waals surface area contributed by atoms with Crippen molar-refractivity contribution in [3.63, 3.8) is 0 Å². The summed E-state index contributed by atoms with van der Waals surface area (Å²) in [6.07, 6.45) is 3.42. The molecule has 0 aromatic heterocycles. The van der Waals surface area contributed by atoms with Crippen LogP contribution in [0, 0.1) is 0 Å². The van der Waals surface area contributed by atoms with Crippen molar-refractivity contribution in [3.05, 3.63) is 71.3 Å². The Morgan fingerprint density at radius 2 is 1.83 bits per heavy atom. The molecule has 0 spiro atoms. The van der Waals surface area contributed by atoms with Gasteiger partial charge in [-0.05, 0) is 58.7 Å². The Bertz CT molecular complexity index is 773. The molecule has 3 rings (SSSR count). The van der Waals surface area contributed by atoms with Crippen molar-refractivity contribution in [1.29, 1.82) is 0 Å². The van der Waals surface area contributed by atoms with Crippen molar-refractivity contribution in [2.24, 2.45) is 0 Å². The first-order chi connectivity index (χ1) is 10.8. The van der Waals surface area contributed by atoms with Gasteiger partial charge in [-0.2, -0.15) is 0 Å². The largest absolute Gasteiger partial charge is 0.508 e. The fourth-order valence-corrected chi connectivity index (χ4v) is 4.15. The number of benzene rings is 2. The van der Waals surface area contributed by atoms with Crippen LogP contribution < -0.4 is 0 Å². The van der Waals surface area contributed by atoms with Crippen LogP contribution in [0.2, 0.25) is 0 Å². The first-order valence-corrected chi connectivity index (χ1v) is 8.05. The average molecular weight is 308 g/mol. The Kier molecular flexibility index (Phi) is 3.51. The van der Waals surface area contributed by atoms with Crippen LogP contribution in [0.5, 0.6) is 11.5 Å². The summed E-state index contributed by atoms with van der Waals surface area (Å²) >= 11 is 0. The molecule has 2 nitrogen and oxygen atoms in total. The van der Waals surface area contributed by atoms with Crippen molar-refractivity contribution in [1.82, 2.24) is 0 Å². The molecule has 2 heteroatoms. The van der Waals surface area contributed by atoms with E-state index in [2.05, 4.69) is 39.5 Å². The third kappa shape index (κ3) is 2.42. The molecular weight excluding hydrogens is 284 g/mol. The van der Waals surface area contributed by atoms with E-state index < -0.39 is 0 Å². The lowest BCUT2D eigenvalue weighted by molar-refractivity contribution is 0.420. The average Bonchev–Trinajstić information content (AvgIpc) is 2.67. The molecule has 120 valence electrons. The van der Waals surface area contributed by atoms with E-state index in [4.69, 9.17) is 0 Å². The van der Waals surface area contributed by atoms with Gasteiger partial charge in [0.1, 0.15) is 11.5 Å². The van der Waals surface area contributed by atoms with Crippen molar-refractivity contribution in [3.8, 4) is 11.5 Å². The van der Waals surface area contributed by atoms with Crippen LogP contribution >= 0.6 is 0 Å². The molecule has 0 heterocycles. The quantitative estimate of drug-likeness (QED) is 0.799. The van der Waals surface area contributed by atoms with Crippen LogP contribution in [-0.4, -0.2) is 10.2 Å². The van der Waals surface area contributed by atoms with E-state index in [0.717, 1.165) is 23.1 Å². The Hall–Kier alpha value is -2.22. The predicted molar refractivity (Wildman–Crippen MR) is 94.2 cm³/mol. The van der Waals surface area contributed by atoms with Crippen LogP contribution in [-0.2, 0) is 17.3 Å². The van der Waals surface area contributed by atoms with Gasteiger partial charge in [0, 0.05) is 5.41 Å². The highest BCUT2D eigenvalue weighted by molar-refractivity contribution is 5.57. The van der Waals surface area contributed by atoms with Crippen molar-refractivity contribution < 1.29 is 10.2 Å². The number of hydrogen-bond acceptors (Lipinski definition) is 2. The van der Waals surface area contributed by atoms with Gasteiger partial charge in [0.25, 0.3) is 0 Å². The van der Waals surface area contributed by atoms with Crippen molar-refractivity contribution in [2.75, 3.05) is 0 Å². The van der Waals surface area contributed by atoms with Gasteiger partial charge >= 0.3 is 0 Å². The zero-order chi connectivity index (χ0) is 16.8. The highest BCUT2D eigenvalue weighted by Gasteiger charge is 2.46. The minimum Gasteiger partial charge on any atom is -0.508 e. The molecule has 0 saturated heterocycles. The van der Waals surface area contributed by atoms with E-state index in [1.54, 1.807) is 6.07 Å². The number of allylic oxidation sites excluding steroid dienone is 1. The highest BCUT2D eigenvalue weighted by atomic mass is 16.3. The number of phenolic OH excluding ortho intramolecular Hbond substituents is 2. The Morgan fingerprint density at radius 1 is 1.09 bits per heavy atom. The maximum Gasteiger partial charge on any atom is 0.119 e. The Balaban J connectivity index is 2.22. The normalized spacial score (nSPS) is 21.9. The standard InChI is InChI=1S/C21H24O2/c1-5-7-14-10-17-18(12-19(14)23)21(4,13-20(17,2)3)15-8-6-9-16(22)11-15/h5-6,8-12,22-23H,1,7,13H2,2-4H3. The Labute approximate surface area is 138 Å². The molecule has 0 bridgehead atoms. The molecule has 0 amide bonds. The van der Waals surface area contributed by atoms with E-state index in [-0.39, 0.29) is 16.6 Å². The van der Waals surface area contributed by atoms with Gasteiger partial charge in [-0.1, -0.05) is 45.0 Å². The third-order valence-corrected chi connectivity index (χ3v) is 5.19. The van der Waals surface area contributed by atoms with Crippen molar-refractivity contribution >= 4 is 0 Å². The predicted octanol–water partition coefficient (Wildman–Crippen LogP) is 4.81. The molecule has 1 aliphatic carbocycles. The van der Waals surface area contributed by atoms with Gasteiger partial charge in [-0.3, -0.25) is 0 Å². The van der Waals surface area contributed by atoms with Crippen LogP contribution in [0.25, 0.3) is 0 Å². The second-order valence-corrected chi connectivity index (χ2v) is 7.46. The van der Waals surface area contributed by atoms with Gasteiger partial charge in [0.2, 0.25) is 0 Å². The van der Waals surface area contributed by atoms with Gasteiger partial charge in [-0.15, -0.1) is 6.58 Å². The number of rotatable bonds is 3. The third-order valence-electron chi connectivity index (χ3n) is 5.19. The molecule has 0 saturated carbocycles. The fraction of sp³-hybridized carbons (Fsp3) is 0.333. The van der Waals surface area contributed by atoms with Crippen LogP contribution in [0.1, 0.15) is 49.4 Å². The van der Waals surface area contributed by atoms with Crippen LogP contribution in [0.3, 0.4) is 0 Å². The molecule has 0 fully saturated rings. The Morgan fingerprint density at radius 3 is 2.48 bits per heavy atom. The smallest absolute Gasteiger partial charge is 0.119 e. The lowest BCUT2D eigenvalue weighted by atomic mass is 9.75. The van der Waals surface area contributed by atoms with Gasteiger partial charge in [0.15, 0.2) is 0 Å². The molecule has 1 atom stereocenters. The van der Waals surface area contributed by atoms with Gasteiger partial charge in [0.05, 0.1) is 0 Å². The molecule has 23 heavy (non-hydrogen) atoms. The summed E-state index contributed by atoms with van der Waals surface area (Å²) in [7, 11) is 0. The lowest BCUT2D eigenvalue weighted by Crippen LogP contribution is -2.23. The first kappa shape index (κ1) is 15.7. The van der Waals surface area contributed by atoms with E-state index in [0.29, 0.717) is 12.2 Å². The number of fused-ring (bicyclic) bond motifs is 1. The number of aromatic hydroxyl groups is 2. The van der Waals surface area contributed by atoms with Gasteiger partial charge in [-0.25, -0.2) is 0 Å². The lowest BCUT2D eigenvalue weighted by Gasteiger charge is -2.28. The summed E-state index contributed by atoms with van der Waals surface area (Å²) in [6.45, 7) is 10.5. The molecule has 0 radical (unpaired) electrons. The van der Waals surface area contributed by atoms with E-state index in [1.807, 2.05) is 24.3 Å². The molecule has 2 aromatic carbocycles. The fourth-order valence-electron chi connectivity index (χ4n) is 4.15. The molecule has 2 N–H and O–H groups in total. The molecular formula is C21H24O2. The maximum atomic E-state index is 10.4. The number of phenols is 2. The second-order valence-electron chi connectivity index (χ2n) is 7.46. The van der Waals surface area contributed by atoms with Gasteiger partial charge < -0.3 is 10.2 Å². The molecule has 1 aliphatic rings. The minimum absolute atomic E-state index is 0.0131. The zero-order valence-electron chi connectivity index (χ0n) is 14.1. The van der Waals surface area contributed by atoms with E-state index in [1.165, 1.54) is 5.56 Å². The summed E-state index contributed by atoms with van der Waals surface area (Å²) < 4.78 is 0. The van der Waals surface area contributed by atoms with E-state index >= 15 is 0 Å². The first-order valence-electron chi connectivity index (χ1n) is 8.05. The zero-order valence-corrected chi connectivity index (χ0v) is 14.1. The highest BCUT2D eigenvalue weighted by Crippen LogP contribution is 2.54. The molecule has 2 aromatic rings. The summed E-state index contributed by atoms with van der Waals surface area (Å²) in [4.78, 5) is 0. The monoisotopic (exact) mass is 308 g/mol. The van der Waals surface area contributed by atoms with Crippen molar-refractivity contribution in [2.45, 2.75) is 44.4 Å². The van der Waals surface area contributed by atoms with Crippen LogP contribution in [0.15, 0.2) is 49.1 Å².